The first-order valence-corrected chi connectivity index (χ1v) is 14.7. The summed E-state index contributed by atoms with van der Waals surface area (Å²) in [6.07, 6.45) is -0.809. The fourth-order valence-electron chi connectivity index (χ4n) is 9.80. The van der Waals surface area contributed by atoms with Gasteiger partial charge in [-0.2, -0.15) is 0 Å². The molecule has 6 rings (SSSR count). The molecule has 13 atom stereocenters. The van der Waals surface area contributed by atoms with E-state index in [4.69, 9.17) is 14.2 Å². The molecule has 6 N–H and O–H groups in total. The minimum Gasteiger partial charge on any atom is -0.458 e. The molecule has 0 spiro atoms. The van der Waals surface area contributed by atoms with Gasteiger partial charge in [0.1, 0.15) is 37.3 Å². The number of cyclic esters (lactones) is 1. The Labute approximate surface area is 233 Å². The second-order valence-electron chi connectivity index (χ2n) is 13.4. The molecule has 2 heterocycles. The zero-order chi connectivity index (χ0) is 28.7. The van der Waals surface area contributed by atoms with Crippen molar-refractivity contribution in [3.8, 4) is 0 Å². The molecule has 2 aliphatic heterocycles. The van der Waals surface area contributed by atoms with E-state index in [1.807, 2.05) is 0 Å². The molecule has 11 nitrogen and oxygen atoms in total. The number of aliphatic hydroxyl groups is 6. The zero-order valence-corrected chi connectivity index (χ0v) is 22.9. The molecule has 1 saturated heterocycles. The summed E-state index contributed by atoms with van der Waals surface area (Å²) in [6.45, 7) is 1.79. The predicted octanol–water partition coefficient (Wildman–Crippen LogP) is -0.278. The highest BCUT2D eigenvalue weighted by Gasteiger charge is 2.71. The first-order chi connectivity index (χ1) is 18.9. The third-order valence-corrected chi connectivity index (χ3v) is 12.0. The van der Waals surface area contributed by atoms with Gasteiger partial charge in [-0.1, -0.05) is 6.92 Å². The maximum absolute atomic E-state index is 13.0. The number of aliphatic hydroxyl groups excluding tert-OH is 4. The number of fused-ring (bicyclic) bond motifs is 5. The van der Waals surface area contributed by atoms with Crippen LogP contribution in [0.4, 0.5) is 0 Å². The van der Waals surface area contributed by atoms with Gasteiger partial charge in [0, 0.05) is 17.9 Å². The van der Waals surface area contributed by atoms with Crippen LogP contribution in [-0.2, 0) is 23.8 Å². The zero-order valence-electron chi connectivity index (χ0n) is 22.9. The fraction of sp³-hybridized carbons (Fsp3) is 0.862. The molecule has 0 aromatic rings. The summed E-state index contributed by atoms with van der Waals surface area (Å²) in [7, 11) is 0. The molecule has 0 radical (unpaired) electrons. The number of hydrogen-bond acceptors (Lipinski definition) is 11. The van der Waals surface area contributed by atoms with Crippen LogP contribution < -0.4 is 0 Å². The molecular formula is C29H42O11. The predicted molar refractivity (Wildman–Crippen MR) is 136 cm³/mol. The second kappa shape index (κ2) is 9.80. The quantitative estimate of drug-likeness (QED) is 0.146. The van der Waals surface area contributed by atoms with Gasteiger partial charge in [-0.15, -0.1) is 0 Å². The number of hydrogen-bond donors (Lipinski definition) is 6. The SMILES string of the molecule is C[C@]12CC[C@H]3[C@@H](CC[C@]4(O)C[C@@H](O[C@@H]5O[C@H](CO)[C@H](O)[C@H](O)[C@H]5O)CC[C@]34C=O)[C@@]1(O)CC[C@@H]2C1=CC(=O)OC1. The molecule has 0 amide bonds. The Morgan fingerprint density at radius 1 is 1.00 bits per heavy atom. The lowest BCUT2D eigenvalue weighted by molar-refractivity contribution is -0.322. The normalized spacial score (nSPS) is 54.1. The van der Waals surface area contributed by atoms with E-state index in [0.717, 1.165) is 18.3 Å². The third-order valence-electron chi connectivity index (χ3n) is 12.0. The topological polar surface area (TPSA) is 183 Å². The van der Waals surface area contributed by atoms with E-state index in [9.17, 15) is 40.2 Å². The van der Waals surface area contributed by atoms with Gasteiger partial charge in [-0.05, 0) is 74.7 Å². The Balaban J connectivity index is 1.22. The lowest BCUT2D eigenvalue weighted by Crippen LogP contribution is -2.69. The van der Waals surface area contributed by atoms with Gasteiger partial charge in [0.05, 0.1) is 29.3 Å². The van der Waals surface area contributed by atoms with Crippen molar-refractivity contribution in [1.82, 2.24) is 0 Å². The Morgan fingerprint density at radius 2 is 1.75 bits per heavy atom. The number of esters is 1. The summed E-state index contributed by atoms with van der Waals surface area (Å²) >= 11 is 0. The third kappa shape index (κ3) is 3.85. The summed E-state index contributed by atoms with van der Waals surface area (Å²) in [4.78, 5) is 24.8. The minimum absolute atomic E-state index is 0.0283. The van der Waals surface area contributed by atoms with E-state index in [-0.39, 0.29) is 36.8 Å². The lowest BCUT2D eigenvalue weighted by atomic mass is 9.41. The van der Waals surface area contributed by atoms with Gasteiger partial charge in [0.15, 0.2) is 6.29 Å². The standard InChI is InChI=1S/C29H42O11/c1-26-6-3-18-19(29(26,37)9-5-17(26)15-10-21(32)38-13-15)4-8-28(36)11-16(2-7-27(18,28)14-31)39-25-24(35)23(34)22(33)20(12-30)40-25/h10,14,16-20,22-25,30,33-37H,2-9,11-13H2,1H3/t16-,17+,18-,19+,20+,22-,23-,24+,25+,26+,27-,28-,29-/m0/s1. The minimum atomic E-state index is -1.57. The summed E-state index contributed by atoms with van der Waals surface area (Å²) < 4.78 is 16.7. The van der Waals surface area contributed by atoms with Crippen LogP contribution >= 0.6 is 0 Å². The molecule has 11 heteroatoms. The Bertz CT molecular complexity index is 1060. The molecule has 0 bridgehead atoms. The van der Waals surface area contributed by atoms with Crippen molar-refractivity contribution >= 4 is 12.3 Å². The number of carbonyl (C=O) groups is 2. The van der Waals surface area contributed by atoms with Crippen LogP contribution in [0.15, 0.2) is 11.6 Å². The molecule has 4 saturated carbocycles. The van der Waals surface area contributed by atoms with Crippen LogP contribution in [0.2, 0.25) is 0 Å². The van der Waals surface area contributed by atoms with Gasteiger partial charge in [0.25, 0.3) is 0 Å². The largest absolute Gasteiger partial charge is 0.458 e. The molecule has 224 valence electrons. The van der Waals surface area contributed by atoms with Crippen molar-refractivity contribution in [3.63, 3.8) is 0 Å². The fourth-order valence-corrected chi connectivity index (χ4v) is 9.80. The van der Waals surface area contributed by atoms with Gasteiger partial charge in [0.2, 0.25) is 0 Å². The molecule has 4 aliphatic carbocycles. The van der Waals surface area contributed by atoms with Crippen molar-refractivity contribution in [2.24, 2.45) is 28.6 Å². The maximum Gasteiger partial charge on any atom is 0.331 e. The summed E-state index contributed by atoms with van der Waals surface area (Å²) in [5.41, 5.74) is -3.01. The summed E-state index contributed by atoms with van der Waals surface area (Å²) in [5, 5.41) is 64.6. The Hall–Kier alpha value is -1.44. The Morgan fingerprint density at radius 3 is 2.42 bits per heavy atom. The van der Waals surface area contributed by atoms with E-state index in [1.54, 1.807) is 6.08 Å². The number of carbonyl (C=O) groups excluding carboxylic acids is 2. The maximum atomic E-state index is 13.0. The average Bonchev–Trinajstić information content (AvgIpc) is 3.48. The van der Waals surface area contributed by atoms with Gasteiger partial charge < -0.3 is 49.6 Å². The smallest absolute Gasteiger partial charge is 0.331 e. The van der Waals surface area contributed by atoms with Crippen LogP contribution in [0, 0.1) is 28.6 Å². The highest BCUT2D eigenvalue weighted by molar-refractivity contribution is 5.85. The van der Waals surface area contributed by atoms with Crippen LogP contribution in [0.3, 0.4) is 0 Å². The van der Waals surface area contributed by atoms with Crippen molar-refractivity contribution in [3.05, 3.63) is 11.6 Å². The van der Waals surface area contributed by atoms with Crippen LogP contribution in [0.25, 0.3) is 0 Å². The monoisotopic (exact) mass is 566 g/mol. The molecule has 6 aliphatic rings. The first-order valence-electron chi connectivity index (χ1n) is 14.7. The van der Waals surface area contributed by atoms with Crippen molar-refractivity contribution in [2.45, 2.75) is 113 Å². The van der Waals surface area contributed by atoms with Crippen molar-refractivity contribution in [1.29, 1.82) is 0 Å². The second-order valence-corrected chi connectivity index (χ2v) is 13.4. The number of aldehydes is 1. The van der Waals surface area contributed by atoms with Crippen molar-refractivity contribution in [2.75, 3.05) is 13.2 Å². The lowest BCUT2D eigenvalue weighted by Gasteiger charge is -2.65. The number of ether oxygens (including phenoxy) is 3. The molecule has 0 aromatic heterocycles. The Kier molecular flexibility index (Phi) is 7.03. The van der Waals surface area contributed by atoms with E-state index >= 15 is 0 Å². The van der Waals surface area contributed by atoms with E-state index in [0.29, 0.717) is 44.9 Å². The molecular weight excluding hydrogens is 524 g/mol. The highest BCUT2D eigenvalue weighted by atomic mass is 16.7. The van der Waals surface area contributed by atoms with Gasteiger partial charge in [-0.25, -0.2) is 4.79 Å². The van der Waals surface area contributed by atoms with E-state index in [2.05, 4.69) is 6.92 Å². The summed E-state index contributed by atoms with van der Waals surface area (Å²) in [5.74, 6) is -0.707. The molecule has 40 heavy (non-hydrogen) atoms. The average molecular weight is 567 g/mol. The van der Waals surface area contributed by atoms with Crippen LogP contribution in [0.1, 0.15) is 64.7 Å². The first kappa shape index (κ1) is 28.7. The van der Waals surface area contributed by atoms with Gasteiger partial charge >= 0.3 is 5.97 Å². The molecule has 0 aromatic carbocycles. The highest BCUT2D eigenvalue weighted by Crippen LogP contribution is 2.70. The van der Waals surface area contributed by atoms with Crippen LogP contribution in [-0.4, -0.2) is 104 Å². The molecule has 5 fully saturated rings. The molecule has 0 unspecified atom stereocenters. The van der Waals surface area contributed by atoms with Crippen LogP contribution in [0.5, 0.6) is 0 Å². The van der Waals surface area contributed by atoms with Crippen molar-refractivity contribution < 1.29 is 54.4 Å². The number of rotatable bonds is 5. The van der Waals surface area contributed by atoms with E-state index in [1.165, 1.54) is 0 Å². The van der Waals surface area contributed by atoms with E-state index < -0.39 is 65.4 Å². The van der Waals surface area contributed by atoms with Gasteiger partial charge in [-0.3, -0.25) is 0 Å². The summed E-state index contributed by atoms with van der Waals surface area (Å²) in [6, 6.07) is 0.